The van der Waals surface area contributed by atoms with E-state index in [9.17, 15) is 9.90 Å². The van der Waals surface area contributed by atoms with Crippen molar-refractivity contribution >= 4 is 5.97 Å². The Kier molecular flexibility index (Phi) is 4.80. The molecule has 1 aromatic carbocycles. The average molecular weight is 263 g/mol. The van der Waals surface area contributed by atoms with E-state index in [1.165, 1.54) is 0 Å². The van der Waals surface area contributed by atoms with Gasteiger partial charge in [0.05, 0.1) is 12.5 Å². The van der Waals surface area contributed by atoms with Crippen LogP contribution in [0.2, 0.25) is 0 Å². The lowest BCUT2D eigenvalue weighted by Gasteiger charge is -2.27. The first-order valence-corrected chi connectivity index (χ1v) is 6.87. The normalized spacial score (nSPS) is 19.3. The van der Waals surface area contributed by atoms with Gasteiger partial charge in [-0.15, -0.1) is 0 Å². The molecule has 0 amide bonds. The van der Waals surface area contributed by atoms with Crippen LogP contribution < -0.4 is 10.5 Å². The van der Waals surface area contributed by atoms with E-state index in [1.807, 2.05) is 24.3 Å². The zero-order valence-electron chi connectivity index (χ0n) is 11.0. The van der Waals surface area contributed by atoms with Gasteiger partial charge in [-0.2, -0.15) is 0 Å². The van der Waals surface area contributed by atoms with Crippen molar-refractivity contribution in [3.05, 3.63) is 29.8 Å². The molecule has 0 saturated heterocycles. The Morgan fingerprint density at radius 1 is 1.47 bits per heavy atom. The summed E-state index contributed by atoms with van der Waals surface area (Å²) in [5.41, 5.74) is 6.62. The second kappa shape index (κ2) is 6.57. The first kappa shape index (κ1) is 13.9. The summed E-state index contributed by atoms with van der Waals surface area (Å²) in [5.74, 6) is 0.169. The van der Waals surface area contributed by atoms with E-state index in [2.05, 4.69) is 0 Å². The van der Waals surface area contributed by atoms with Gasteiger partial charge in [-0.05, 0) is 49.8 Å². The third-order valence-electron chi connectivity index (χ3n) is 3.76. The molecule has 0 bridgehead atoms. The fourth-order valence-corrected chi connectivity index (χ4v) is 2.71. The number of ether oxygens (including phenoxy) is 1. The highest BCUT2D eigenvalue weighted by molar-refractivity contribution is 5.70. The zero-order chi connectivity index (χ0) is 13.7. The standard InChI is InChI=1S/C15H21NO3/c16-8-3-4-12(15(17)18)10-11-7-9-19-14-6-2-1-5-13(11)14/h1-2,5-6,11-12H,3-4,7-10,16H2,(H,17,18). The second-order valence-corrected chi connectivity index (χ2v) is 5.07. The first-order valence-electron chi connectivity index (χ1n) is 6.87. The summed E-state index contributed by atoms with van der Waals surface area (Å²) >= 11 is 0. The van der Waals surface area contributed by atoms with Crippen molar-refractivity contribution in [1.29, 1.82) is 0 Å². The Bertz CT molecular complexity index is 433. The quantitative estimate of drug-likeness (QED) is 0.826. The summed E-state index contributed by atoms with van der Waals surface area (Å²) < 4.78 is 5.61. The van der Waals surface area contributed by atoms with Crippen molar-refractivity contribution in [2.45, 2.75) is 31.6 Å². The van der Waals surface area contributed by atoms with Gasteiger partial charge in [0.15, 0.2) is 0 Å². The van der Waals surface area contributed by atoms with Gasteiger partial charge in [-0.3, -0.25) is 4.79 Å². The molecule has 2 atom stereocenters. The van der Waals surface area contributed by atoms with E-state index in [-0.39, 0.29) is 11.8 Å². The van der Waals surface area contributed by atoms with Crippen molar-refractivity contribution in [2.24, 2.45) is 11.7 Å². The molecule has 0 saturated carbocycles. The Balaban J connectivity index is 2.08. The van der Waals surface area contributed by atoms with Crippen LogP contribution in [0.5, 0.6) is 5.75 Å². The van der Waals surface area contributed by atoms with Gasteiger partial charge in [-0.25, -0.2) is 0 Å². The fourth-order valence-electron chi connectivity index (χ4n) is 2.71. The smallest absolute Gasteiger partial charge is 0.306 e. The van der Waals surface area contributed by atoms with Crippen LogP contribution in [0.4, 0.5) is 0 Å². The number of rotatable bonds is 6. The number of fused-ring (bicyclic) bond motifs is 1. The topological polar surface area (TPSA) is 72.5 Å². The molecule has 1 aliphatic rings. The number of carboxylic acids is 1. The van der Waals surface area contributed by atoms with Gasteiger partial charge in [0.1, 0.15) is 5.75 Å². The molecule has 1 aromatic rings. The van der Waals surface area contributed by atoms with E-state index in [4.69, 9.17) is 10.5 Å². The van der Waals surface area contributed by atoms with Crippen LogP contribution in [0, 0.1) is 5.92 Å². The summed E-state index contributed by atoms with van der Waals surface area (Å²) in [4.78, 5) is 11.3. The monoisotopic (exact) mass is 263 g/mol. The van der Waals surface area contributed by atoms with Gasteiger partial charge in [-0.1, -0.05) is 18.2 Å². The predicted octanol–water partition coefficient (Wildman–Crippen LogP) is 2.38. The summed E-state index contributed by atoms with van der Waals surface area (Å²) in [6, 6.07) is 7.93. The van der Waals surface area contributed by atoms with Gasteiger partial charge in [0, 0.05) is 0 Å². The lowest BCUT2D eigenvalue weighted by molar-refractivity contribution is -0.142. The molecule has 104 valence electrons. The molecule has 0 fully saturated rings. The molecule has 0 aromatic heterocycles. The summed E-state index contributed by atoms with van der Waals surface area (Å²) in [7, 11) is 0. The van der Waals surface area contributed by atoms with E-state index in [1.54, 1.807) is 0 Å². The first-order chi connectivity index (χ1) is 9.22. The van der Waals surface area contributed by atoms with E-state index in [0.717, 1.165) is 24.2 Å². The third-order valence-corrected chi connectivity index (χ3v) is 3.76. The van der Waals surface area contributed by atoms with Gasteiger partial charge < -0.3 is 15.6 Å². The number of nitrogens with two attached hydrogens (primary N) is 1. The fraction of sp³-hybridized carbons (Fsp3) is 0.533. The van der Waals surface area contributed by atoms with E-state index >= 15 is 0 Å². The number of hydrogen-bond donors (Lipinski definition) is 2. The third kappa shape index (κ3) is 3.47. The minimum Gasteiger partial charge on any atom is -0.493 e. The van der Waals surface area contributed by atoms with Crippen molar-refractivity contribution < 1.29 is 14.6 Å². The van der Waals surface area contributed by atoms with Crippen LogP contribution in [0.25, 0.3) is 0 Å². The Hall–Kier alpha value is -1.55. The van der Waals surface area contributed by atoms with Crippen LogP contribution in [-0.4, -0.2) is 24.2 Å². The van der Waals surface area contributed by atoms with Crippen LogP contribution in [0.1, 0.15) is 37.2 Å². The van der Waals surface area contributed by atoms with Crippen molar-refractivity contribution in [3.8, 4) is 5.75 Å². The molecular weight excluding hydrogens is 242 g/mol. The Morgan fingerprint density at radius 3 is 3.00 bits per heavy atom. The molecule has 19 heavy (non-hydrogen) atoms. The molecule has 2 unspecified atom stereocenters. The van der Waals surface area contributed by atoms with Crippen LogP contribution in [0.3, 0.4) is 0 Å². The van der Waals surface area contributed by atoms with E-state index in [0.29, 0.717) is 26.0 Å². The number of benzene rings is 1. The van der Waals surface area contributed by atoms with Crippen molar-refractivity contribution in [1.82, 2.24) is 0 Å². The largest absolute Gasteiger partial charge is 0.493 e. The lowest BCUT2D eigenvalue weighted by atomic mass is 9.83. The molecule has 0 spiro atoms. The van der Waals surface area contributed by atoms with Crippen molar-refractivity contribution in [2.75, 3.05) is 13.2 Å². The maximum atomic E-state index is 11.3. The van der Waals surface area contributed by atoms with Crippen LogP contribution >= 0.6 is 0 Å². The van der Waals surface area contributed by atoms with Gasteiger partial charge in [0.2, 0.25) is 0 Å². The molecule has 3 N–H and O–H groups in total. The summed E-state index contributed by atoms with van der Waals surface area (Å²) in [6.45, 7) is 1.22. The summed E-state index contributed by atoms with van der Waals surface area (Å²) in [5, 5.41) is 9.31. The number of aliphatic carboxylic acids is 1. The molecule has 4 nitrogen and oxygen atoms in total. The van der Waals surface area contributed by atoms with E-state index < -0.39 is 5.97 Å². The number of carboxylic acid groups (broad SMARTS) is 1. The molecule has 0 radical (unpaired) electrons. The number of carbonyl (C=O) groups is 1. The molecular formula is C15H21NO3. The molecule has 4 heteroatoms. The van der Waals surface area contributed by atoms with Crippen LogP contribution in [0.15, 0.2) is 24.3 Å². The summed E-state index contributed by atoms with van der Waals surface area (Å²) in [6.07, 6.45) is 2.99. The molecule has 2 rings (SSSR count). The van der Waals surface area contributed by atoms with Gasteiger partial charge >= 0.3 is 5.97 Å². The Morgan fingerprint density at radius 2 is 2.26 bits per heavy atom. The highest BCUT2D eigenvalue weighted by atomic mass is 16.5. The SMILES string of the molecule is NCCCC(CC1CCOc2ccccc21)C(=O)O. The zero-order valence-corrected chi connectivity index (χ0v) is 11.0. The highest BCUT2D eigenvalue weighted by Crippen LogP contribution is 2.38. The maximum Gasteiger partial charge on any atom is 0.306 e. The van der Waals surface area contributed by atoms with Crippen LogP contribution in [-0.2, 0) is 4.79 Å². The second-order valence-electron chi connectivity index (χ2n) is 5.07. The van der Waals surface area contributed by atoms with Gasteiger partial charge in [0.25, 0.3) is 0 Å². The maximum absolute atomic E-state index is 11.3. The minimum atomic E-state index is -0.711. The lowest BCUT2D eigenvalue weighted by Crippen LogP contribution is -2.22. The molecule has 1 aliphatic heterocycles. The highest BCUT2D eigenvalue weighted by Gasteiger charge is 2.27. The predicted molar refractivity (Wildman–Crippen MR) is 73.3 cm³/mol. The molecule has 0 aliphatic carbocycles. The Labute approximate surface area is 113 Å². The average Bonchev–Trinajstić information content (AvgIpc) is 2.43. The van der Waals surface area contributed by atoms with Crippen molar-refractivity contribution in [3.63, 3.8) is 0 Å². The minimum absolute atomic E-state index is 0.281. The molecule has 1 heterocycles. The number of hydrogen-bond acceptors (Lipinski definition) is 3. The number of para-hydroxylation sites is 1.